The summed E-state index contributed by atoms with van der Waals surface area (Å²) < 4.78 is 10.9. The minimum Gasteiger partial charge on any atom is -0.495 e. The van der Waals surface area contributed by atoms with Gasteiger partial charge in [0, 0.05) is 30.6 Å². The zero-order valence-corrected chi connectivity index (χ0v) is 21.3. The molecule has 1 aliphatic carbocycles. The molecule has 6 nitrogen and oxygen atoms in total. The van der Waals surface area contributed by atoms with Crippen molar-refractivity contribution in [3.8, 4) is 5.75 Å². The van der Waals surface area contributed by atoms with Gasteiger partial charge >= 0.3 is 5.63 Å². The number of amides is 1. The Bertz CT molecular complexity index is 1270. The molecule has 3 fully saturated rings. The first-order chi connectivity index (χ1) is 16.9. The summed E-state index contributed by atoms with van der Waals surface area (Å²) >= 11 is 6.34. The molecular formula is C28H33ClN2O4. The molecule has 0 saturated carbocycles. The van der Waals surface area contributed by atoms with E-state index in [9.17, 15) is 9.59 Å². The first-order valence-corrected chi connectivity index (χ1v) is 13.4. The van der Waals surface area contributed by atoms with Crippen molar-refractivity contribution < 1.29 is 13.9 Å². The fourth-order valence-electron chi connectivity index (χ4n) is 7.26. The van der Waals surface area contributed by atoms with Crippen molar-refractivity contribution in [1.82, 2.24) is 9.80 Å². The number of benzene rings is 1. The van der Waals surface area contributed by atoms with Gasteiger partial charge in [0.05, 0.1) is 30.2 Å². The summed E-state index contributed by atoms with van der Waals surface area (Å²) in [6.07, 6.45) is 9.76. The molecule has 4 heterocycles. The van der Waals surface area contributed by atoms with Crippen LogP contribution in [0.2, 0.25) is 5.02 Å². The number of hydrogen-bond donors (Lipinski definition) is 0. The van der Waals surface area contributed by atoms with Crippen LogP contribution in [0.5, 0.6) is 5.75 Å². The fourth-order valence-corrected chi connectivity index (χ4v) is 7.50. The Morgan fingerprint density at radius 2 is 2.09 bits per heavy atom. The Morgan fingerprint density at radius 1 is 1.23 bits per heavy atom. The number of likely N-dealkylation sites (tertiary alicyclic amines) is 1. The van der Waals surface area contributed by atoms with Gasteiger partial charge in [-0.3, -0.25) is 9.69 Å². The maximum atomic E-state index is 13.7. The predicted octanol–water partition coefficient (Wildman–Crippen LogP) is 4.73. The highest BCUT2D eigenvalue weighted by molar-refractivity contribution is 6.32. The van der Waals surface area contributed by atoms with Gasteiger partial charge in [-0.2, -0.15) is 0 Å². The highest BCUT2D eigenvalue weighted by Crippen LogP contribution is 2.45. The van der Waals surface area contributed by atoms with E-state index in [-0.39, 0.29) is 18.4 Å². The van der Waals surface area contributed by atoms with Crippen molar-refractivity contribution >= 4 is 28.5 Å². The number of hydrogen-bond acceptors (Lipinski definition) is 5. The summed E-state index contributed by atoms with van der Waals surface area (Å²) in [4.78, 5) is 31.4. The molecule has 2 unspecified atom stereocenters. The van der Waals surface area contributed by atoms with Crippen LogP contribution < -0.4 is 10.4 Å². The summed E-state index contributed by atoms with van der Waals surface area (Å²) in [5.74, 6) is 1.59. The Hall–Kier alpha value is -2.31. The van der Waals surface area contributed by atoms with Gasteiger partial charge in [0.15, 0.2) is 0 Å². The number of rotatable bonds is 3. The molecule has 4 atom stereocenters. The maximum absolute atomic E-state index is 13.7. The lowest BCUT2D eigenvalue weighted by Gasteiger charge is -2.54. The van der Waals surface area contributed by atoms with Gasteiger partial charge in [-0.25, -0.2) is 4.79 Å². The van der Waals surface area contributed by atoms with Crippen LogP contribution in [0.1, 0.15) is 49.7 Å². The van der Waals surface area contributed by atoms with E-state index in [2.05, 4.69) is 15.9 Å². The highest BCUT2D eigenvalue weighted by atomic mass is 35.5. The van der Waals surface area contributed by atoms with Crippen LogP contribution in [-0.4, -0.2) is 54.5 Å². The van der Waals surface area contributed by atoms with Gasteiger partial charge in [-0.05, 0) is 69.0 Å². The normalized spacial score (nSPS) is 28.3. The third kappa shape index (κ3) is 3.89. The number of carbonyl (C=O) groups is 1. The summed E-state index contributed by atoms with van der Waals surface area (Å²) in [5.41, 5.74) is 2.59. The number of aryl methyl sites for hydroxylation is 1. The average molecular weight is 497 g/mol. The minimum absolute atomic E-state index is 0.0224. The average Bonchev–Trinajstić information content (AvgIpc) is 2.86. The van der Waals surface area contributed by atoms with E-state index in [1.54, 1.807) is 12.1 Å². The molecule has 35 heavy (non-hydrogen) atoms. The molecule has 0 radical (unpaired) electrons. The van der Waals surface area contributed by atoms with E-state index in [0.717, 1.165) is 36.9 Å². The first kappa shape index (κ1) is 23.1. The van der Waals surface area contributed by atoms with E-state index in [1.807, 2.05) is 6.92 Å². The lowest BCUT2D eigenvalue weighted by Crippen LogP contribution is -2.60. The largest absolute Gasteiger partial charge is 0.495 e. The number of piperidine rings is 3. The van der Waals surface area contributed by atoms with E-state index in [4.69, 9.17) is 20.8 Å². The molecule has 2 aromatic rings. The van der Waals surface area contributed by atoms with Gasteiger partial charge in [-0.1, -0.05) is 29.7 Å². The SMILES string of the molecule is COc1cc2oc(=O)c(CC(=O)N3CCCC4=CC5CC(CN6CCCC[C@H]56)[C@@H]43)c(C)c2cc1Cl. The third-order valence-electron chi connectivity index (χ3n) is 8.87. The minimum atomic E-state index is -0.460. The summed E-state index contributed by atoms with van der Waals surface area (Å²) in [5, 5.41) is 1.19. The van der Waals surface area contributed by atoms with Crippen molar-refractivity contribution in [2.24, 2.45) is 11.8 Å². The second-order valence-electron chi connectivity index (χ2n) is 10.7. The third-order valence-corrected chi connectivity index (χ3v) is 9.16. The van der Waals surface area contributed by atoms with Crippen LogP contribution in [0.3, 0.4) is 0 Å². The molecule has 1 amide bonds. The van der Waals surface area contributed by atoms with Gasteiger partial charge in [0.1, 0.15) is 11.3 Å². The van der Waals surface area contributed by atoms with Gasteiger partial charge in [0.2, 0.25) is 5.91 Å². The Labute approximate surface area is 210 Å². The number of ether oxygens (including phenoxy) is 1. The van der Waals surface area contributed by atoms with Crippen LogP contribution in [0.4, 0.5) is 0 Å². The molecule has 3 saturated heterocycles. The monoisotopic (exact) mass is 496 g/mol. The Kier molecular flexibility index (Phi) is 5.92. The second-order valence-corrected chi connectivity index (χ2v) is 11.2. The number of carbonyl (C=O) groups excluding carboxylic acids is 1. The molecule has 6 rings (SSSR count). The van der Waals surface area contributed by atoms with Crippen molar-refractivity contribution in [2.75, 3.05) is 26.7 Å². The van der Waals surface area contributed by atoms with Crippen molar-refractivity contribution in [1.29, 1.82) is 0 Å². The molecule has 4 aliphatic rings. The smallest absolute Gasteiger partial charge is 0.340 e. The maximum Gasteiger partial charge on any atom is 0.340 e. The van der Waals surface area contributed by atoms with Gasteiger partial charge in [-0.15, -0.1) is 0 Å². The Morgan fingerprint density at radius 3 is 2.91 bits per heavy atom. The number of methoxy groups -OCH3 is 1. The molecule has 0 spiro atoms. The van der Waals surface area contributed by atoms with Crippen molar-refractivity contribution in [3.05, 3.63) is 50.4 Å². The summed E-state index contributed by atoms with van der Waals surface area (Å²) in [6, 6.07) is 4.24. The second kappa shape index (κ2) is 8.97. The summed E-state index contributed by atoms with van der Waals surface area (Å²) in [6.45, 7) is 4.90. The van der Waals surface area contributed by atoms with Crippen LogP contribution >= 0.6 is 11.6 Å². The lowest BCUT2D eigenvalue weighted by molar-refractivity contribution is -0.135. The van der Waals surface area contributed by atoms with E-state index in [1.165, 1.54) is 44.9 Å². The standard InChI is InChI=1S/C28H33ClN2O4/c1-16-20-12-22(29)25(34-2)14-24(20)35-28(33)21(16)13-26(32)31-9-5-6-17-10-18-11-19(27(17)31)15-30-8-4-3-7-23(18)30/h10,12,14,18-19,23,27H,3-9,11,13,15H2,1-2H3/t18?,19?,23-,27-/m1/s1. The van der Waals surface area contributed by atoms with E-state index >= 15 is 0 Å². The van der Waals surface area contributed by atoms with Crippen molar-refractivity contribution in [2.45, 2.75) is 64.0 Å². The van der Waals surface area contributed by atoms with Gasteiger partial charge in [0.25, 0.3) is 0 Å². The topological polar surface area (TPSA) is 63.0 Å². The van der Waals surface area contributed by atoms with Crippen LogP contribution in [0.25, 0.3) is 11.0 Å². The molecule has 2 bridgehead atoms. The quantitative estimate of drug-likeness (QED) is 0.454. The predicted molar refractivity (Wildman–Crippen MR) is 136 cm³/mol. The van der Waals surface area contributed by atoms with E-state index < -0.39 is 5.63 Å². The molecule has 3 aliphatic heterocycles. The number of fused-ring (bicyclic) bond motifs is 7. The number of nitrogens with zero attached hydrogens (tertiary/aromatic N) is 2. The molecule has 7 heteroatoms. The van der Waals surface area contributed by atoms with Crippen LogP contribution in [0, 0.1) is 18.8 Å². The molecule has 1 aromatic carbocycles. The van der Waals surface area contributed by atoms with Crippen LogP contribution in [-0.2, 0) is 11.2 Å². The van der Waals surface area contributed by atoms with E-state index in [0.29, 0.717) is 39.8 Å². The van der Waals surface area contributed by atoms with Crippen molar-refractivity contribution in [3.63, 3.8) is 0 Å². The zero-order valence-electron chi connectivity index (χ0n) is 20.5. The highest BCUT2D eigenvalue weighted by Gasteiger charge is 2.46. The first-order valence-electron chi connectivity index (χ1n) is 13.0. The zero-order chi connectivity index (χ0) is 24.3. The number of halogens is 1. The summed E-state index contributed by atoms with van der Waals surface area (Å²) in [7, 11) is 1.53. The van der Waals surface area contributed by atoms with Crippen LogP contribution in [0.15, 0.2) is 33.0 Å². The Balaban J connectivity index is 1.30. The molecular weight excluding hydrogens is 464 g/mol. The molecule has 0 N–H and O–H groups in total. The van der Waals surface area contributed by atoms with Gasteiger partial charge < -0.3 is 14.1 Å². The lowest BCUT2D eigenvalue weighted by atomic mass is 9.68. The molecule has 1 aromatic heterocycles. The molecule has 186 valence electrons. The fraction of sp³-hybridized carbons (Fsp3) is 0.571.